The second-order valence-electron chi connectivity index (χ2n) is 6.00. The Morgan fingerprint density at radius 3 is 2.48 bits per heavy atom. The van der Waals surface area contributed by atoms with E-state index in [1.165, 1.54) is 12.1 Å². The van der Waals surface area contributed by atoms with Gasteiger partial charge in [-0.25, -0.2) is 4.39 Å². The Labute approximate surface area is 176 Å². The van der Waals surface area contributed by atoms with Gasteiger partial charge >= 0.3 is 0 Å². The Bertz CT molecular complexity index is 703. The number of aromatic nitrogens is 1. The molecule has 1 amide bonds. The zero-order chi connectivity index (χ0) is 18.8. The highest BCUT2D eigenvalue weighted by molar-refractivity contribution is 14.0. The Hall–Kier alpha value is -2.10. The molecule has 0 aliphatic heterocycles. The highest BCUT2D eigenvalue weighted by Crippen LogP contribution is 2.10. The van der Waals surface area contributed by atoms with Gasteiger partial charge in [0.25, 0.3) is 0 Å². The maximum Gasteiger partial charge on any atom is 0.222 e. The Morgan fingerprint density at radius 2 is 1.89 bits per heavy atom. The minimum Gasteiger partial charge on any atom is -0.369 e. The molecule has 0 fully saturated rings. The minimum absolute atomic E-state index is 0. The van der Waals surface area contributed by atoms with Crippen molar-refractivity contribution in [1.29, 1.82) is 0 Å². The van der Waals surface area contributed by atoms with Crippen LogP contribution in [0, 0.1) is 11.7 Å². The molecule has 0 saturated carbocycles. The number of amides is 1. The molecule has 8 heteroatoms. The topological polar surface area (TPSA) is 84.4 Å². The average Bonchev–Trinajstić information content (AvgIpc) is 3.13. The maximum absolute atomic E-state index is 13.0. The zero-order valence-electron chi connectivity index (χ0n) is 15.4. The SMILES string of the molecule is CCNC(=NCC(Cc1ccc(F)cc1)C(N)=O)NCCn1cccc1.I. The molecule has 1 atom stereocenters. The monoisotopic (exact) mass is 487 g/mol. The van der Waals surface area contributed by atoms with Crippen LogP contribution in [0.15, 0.2) is 53.8 Å². The van der Waals surface area contributed by atoms with Crippen molar-refractivity contribution >= 4 is 35.8 Å². The number of rotatable bonds is 9. The van der Waals surface area contributed by atoms with Gasteiger partial charge < -0.3 is 20.9 Å². The molecule has 1 aromatic carbocycles. The number of hydrogen-bond acceptors (Lipinski definition) is 2. The van der Waals surface area contributed by atoms with Gasteiger partial charge in [0.1, 0.15) is 5.82 Å². The summed E-state index contributed by atoms with van der Waals surface area (Å²) in [6, 6.07) is 10.0. The number of hydrogen-bond donors (Lipinski definition) is 3. The van der Waals surface area contributed by atoms with Crippen LogP contribution in [0.1, 0.15) is 12.5 Å². The van der Waals surface area contributed by atoms with E-state index in [2.05, 4.69) is 20.2 Å². The molecular weight excluding hydrogens is 460 g/mol. The number of carbonyl (C=O) groups is 1. The first kappa shape index (κ1) is 22.9. The number of nitrogens with one attached hydrogen (secondary N) is 2. The lowest BCUT2D eigenvalue weighted by molar-refractivity contribution is -0.121. The molecular formula is C19H27FIN5O. The van der Waals surface area contributed by atoms with Crippen LogP contribution < -0.4 is 16.4 Å². The lowest BCUT2D eigenvalue weighted by atomic mass is 9.99. The smallest absolute Gasteiger partial charge is 0.222 e. The number of benzene rings is 1. The molecule has 0 aliphatic rings. The first-order chi connectivity index (χ1) is 12.6. The van der Waals surface area contributed by atoms with Gasteiger partial charge in [0.2, 0.25) is 5.91 Å². The van der Waals surface area contributed by atoms with Crippen LogP contribution in [-0.2, 0) is 17.8 Å². The first-order valence-corrected chi connectivity index (χ1v) is 8.75. The van der Waals surface area contributed by atoms with Gasteiger partial charge in [0.05, 0.1) is 12.5 Å². The summed E-state index contributed by atoms with van der Waals surface area (Å²) in [5.74, 6) is -0.518. The van der Waals surface area contributed by atoms with Crippen molar-refractivity contribution in [3.05, 3.63) is 60.2 Å². The second-order valence-corrected chi connectivity index (χ2v) is 6.00. The second kappa shape index (κ2) is 12.3. The molecule has 27 heavy (non-hydrogen) atoms. The Balaban J connectivity index is 0.00000364. The summed E-state index contributed by atoms with van der Waals surface area (Å²) < 4.78 is 15.1. The number of carbonyl (C=O) groups excluding carboxylic acids is 1. The van der Waals surface area contributed by atoms with Crippen molar-refractivity contribution in [2.24, 2.45) is 16.6 Å². The summed E-state index contributed by atoms with van der Waals surface area (Å²) in [6.45, 7) is 4.49. The number of primary amides is 1. The van der Waals surface area contributed by atoms with Crippen molar-refractivity contribution in [2.75, 3.05) is 19.6 Å². The van der Waals surface area contributed by atoms with Crippen LogP contribution in [0.25, 0.3) is 0 Å². The fourth-order valence-corrected chi connectivity index (χ4v) is 2.53. The molecule has 2 aromatic rings. The minimum atomic E-state index is -0.444. The molecule has 0 spiro atoms. The molecule has 1 unspecified atom stereocenters. The number of halogens is 2. The molecule has 1 heterocycles. The lowest BCUT2D eigenvalue weighted by Crippen LogP contribution is -2.39. The molecule has 1 aromatic heterocycles. The van der Waals surface area contributed by atoms with Gasteiger partial charge in [-0.1, -0.05) is 12.1 Å². The van der Waals surface area contributed by atoms with Gasteiger partial charge in [-0.15, -0.1) is 24.0 Å². The van der Waals surface area contributed by atoms with Crippen LogP contribution in [0.2, 0.25) is 0 Å². The van der Waals surface area contributed by atoms with Crippen LogP contribution in [0.5, 0.6) is 0 Å². The summed E-state index contributed by atoms with van der Waals surface area (Å²) >= 11 is 0. The quantitative estimate of drug-likeness (QED) is 0.288. The molecule has 148 valence electrons. The highest BCUT2D eigenvalue weighted by Gasteiger charge is 2.16. The molecule has 0 aliphatic carbocycles. The number of nitrogens with two attached hydrogens (primary N) is 1. The summed E-state index contributed by atoms with van der Waals surface area (Å²) in [5, 5.41) is 6.40. The fourth-order valence-electron chi connectivity index (χ4n) is 2.53. The maximum atomic E-state index is 13.0. The van der Waals surface area contributed by atoms with Gasteiger partial charge in [-0.05, 0) is 43.2 Å². The van der Waals surface area contributed by atoms with E-state index in [-0.39, 0.29) is 36.3 Å². The largest absolute Gasteiger partial charge is 0.369 e. The Kier molecular flexibility index (Phi) is 10.5. The molecule has 6 nitrogen and oxygen atoms in total. The third-order valence-corrected chi connectivity index (χ3v) is 3.94. The van der Waals surface area contributed by atoms with E-state index >= 15 is 0 Å². The summed E-state index contributed by atoms with van der Waals surface area (Å²) in [7, 11) is 0. The van der Waals surface area contributed by atoms with Crippen molar-refractivity contribution in [2.45, 2.75) is 19.9 Å². The van der Waals surface area contributed by atoms with E-state index in [1.54, 1.807) is 12.1 Å². The number of nitrogens with zero attached hydrogens (tertiary/aromatic N) is 2. The third kappa shape index (κ3) is 8.42. The van der Waals surface area contributed by atoms with Gasteiger partial charge in [0.15, 0.2) is 5.96 Å². The van der Waals surface area contributed by atoms with Crippen LogP contribution in [0.3, 0.4) is 0 Å². The standard InChI is InChI=1S/C19H26FN5O.HI/c1-2-22-19(23-9-12-25-10-3-4-11-25)24-14-16(18(21)26)13-15-5-7-17(20)8-6-15;/h3-8,10-11,16H,2,9,12-14H2,1H3,(H2,21,26)(H2,22,23,24);1H. The zero-order valence-corrected chi connectivity index (χ0v) is 17.7. The van der Waals surface area contributed by atoms with Crippen LogP contribution in [-0.4, -0.2) is 36.1 Å². The number of guanidine groups is 1. The average molecular weight is 487 g/mol. The molecule has 2 rings (SSSR count). The fraction of sp³-hybridized carbons (Fsp3) is 0.368. The van der Waals surface area contributed by atoms with Crippen molar-refractivity contribution in [3.8, 4) is 0 Å². The Morgan fingerprint density at radius 1 is 1.22 bits per heavy atom. The molecule has 0 radical (unpaired) electrons. The van der Waals surface area contributed by atoms with Gasteiger partial charge in [-0.2, -0.15) is 0 Å². The molecule has 0 bridgehead atoms. The van der Waals surface area contributed by atoms with Crippen molar-refractivity contribution in [1.82, 2.24) is 15.2 Å². The summed E-state index contributed by atoms with van der Waals surface area (Å²) in [4.78, 5) is 16.2. The molecule has 4 N–H and O–H groups in total. The van der Waals surface area contributed by atoms with E-state index in [0.29, 0.717) is 25.5 Å². The van der Waals surface area contributed by atoms with Crippen molar-refractivity contribution in [3.63, 3.8) is 0 Å². The third-order valence-electron chi connectivity index (χ3n) is 3.94. The van der Waals surface area contributed by atoms with Crippen LogP contribution >= 0.6 is 24.0 Å². The van der Waals surface area contributed by atoms with E-state index in [4.69, 9.17) is 5.73 Å². The van der Waals surface area contributed by atoms with Crippen LogP contribution in [0.4, 0.5) is 4.39 Å². The van der Waals surface area contributed by atoms with Gasteiger partial charge in [-0.3, -0.25) is 9.79 Å². The van der Waals surface area contributed by atoms with E-state index in [0.717, 1.165) is 12.1 Å². The number of aliphatic imine (C=N–C) groups is 1. The van der Waals surface area contributed by atoms with E-state index in [9.17, 15) is 9.18 Å². The lowest BCUT2D eigenvalue weighted by Gasteiger charge is -2.15. The predicted octanol–water partition coefficient (Wildman–Crippen LogP) is 2.14. The molecule has 0 saturated heterocycles. The van der Waals surface area contributed by atoms with E-state index in [1.807, 2.05) is 31.5 Å². The summed E-state index contributed by atoms with van der Waals surface area (Å²) in [5.41, 5.74) is 6.37. The predicted molar refractivity (Wildman–Crippen MR) is 117 cm³/mol. The normalized spacial score (nSPS) is 12.1. The van der Waals surface area contributed by atoms with Gasteiger partial charge in [0, 0.05) is 32.0 Å². The summed E-state index contributed by atoms with van der Waals surface area (Å²) in [6.07, 6.45) is 4.43. The first-order valence-electron chi connectivity index (χ1n) is 8.75. The highest BCUT2D eigenvalue weighted by atomic mass is 127. The van der Waals surface area contributed by atoms with E-state index < -0.39 is 11.8 Å². The van der Waals surface area contributed by atoms with Crippen molar-refractivity contribution < 1.29 is 9.18 Å².